The summed E-state index contributed by atoms with van der Waals surface area (Å²) in [6, 6.07) is 2.04. The fraction of sp³-hybridized carbons (Fsp3) is 0. The zero-order valence-corrected chi connectivity index (χ0v) is 8.75. The molecule has 0 unspecified atom stereocenters. The molecule has 2 N–H and O–H groups in total. The van der Waals surface area contributed by atoms with Crippen LogP contribution in [0.5, 0.6) is 0 Å². The van der Waals surface area contributed by atoms with Crippen molar-refractivity contribution < 1.29 is 18.8 Å². The summed E-state index contributed by atoms with van der Waals surface area (Å²) in [6.07, 6.45) is 0.552. The third-order valence-corrected chi connectivity index (χ3v) is 2.19. The number of anilines is 1. The minimum absolute atomic E-state index is 0.215. The van der Waals surface area contributed by atoms with Gasteiger partial charge in [-0.1, -0.05) is 5.16 Å². The molecule has 4 nitrogen and oxygen atoms in total. The molecule has 0 atom stereocenters. The number of nitrogens with zero attached hydrogens (tertiary/aromatic N) is 1. The van der Waals surface area contributed by atoms with E-state index in [1.165, 1.54) is 0 Å². The molecule has 1 amide bonds. The smallest absolute Gasteiger partial charge is 0.270 e. The topological polar surface area (TPSA) is 61.7 Å². The summed E-state index contributed by atoms with van der Waals surface area (Å²) in [6.45, 7) is 0. The molecule has 0 saturated carbocycles. The number of amides is 1. The van der Waals surface area contributed by atoms with Crippen molar-refractivity contribution >= 4 is 33.7 Å². The highest BCUT2D eigenvalue weighted by Crippen LogP contribution is 2.25. The minimum Gasteiger partial charge on any atom is -0.411 e. The van der Waals surface area contributed by atoms with Crippen molar-refractivity contribution in [2.75, 3.05) is 5.32 Å². The van der Waals surface area contributed by atoms with Gasteiger partial charge in [0.2, 0.25) is 0 Å². The number of hydrogen-bond donors (Lipinski definition) is 2. The van der Waals surface area contributed by atoms with Crippen LogP contribution in [0.3, 0.4) is 0 Å². The lowest BCUT2D eigenvalue weighted by Gasteiger charge is -2.05. The van der Waals surface area contributed by atoms with Crippen LogP contribution in [0.4, 0.5) is 14.5 Å². The Morgan fingerprint density at radius 1 is 1.53 bits per heavy atom. The lowest BCUT2D eigenvalue weighted by atomic mass is 10.3. The van der Waals surface area contributed by atoms with Crippen LogP contribution in [0.1, 0.15) is 0 Å². The van der Waals surface area contributed by atoms with Crippen molar-refractivity contribution in [1.82, 2.24) is 0 Å². The fourth-order valence-electron chi connectivity index (χ4n) is 0.840. The van der Waals surface area contributed by atoms with Crippen LogP contribution in [0.25, 0.3) is 0 Å². The second-order valence-electron chi connectivity index (χ2n) is 2.46. The van der Waals surface area contributed by atoms with Crippen molar-refractivity contribution in [2.24, 2.45) is 5.16 Å². The van der Waals surface area contributed by atoms with E-state index < -0.39 is 17.5 Å². The second-order valence-corrected chi connectivity index (χ2v) is 3.25. The maximum absolute atomic E-state index is 13.3. The molecule has 1 aromatic carbocycles. The average molecular weight is 279 g/mol. The van der Waals surface area contributed by atoms with E-state index in [0.717, 1.165) is 12.1 Å². The zero-order chi connectivity index (χ0) is 11.4. The highest BCUT2D eigenvalue weighted by molar-refractivity contribution is 9.10. The van der Waals surface area contributed by atoms with E-state index >= 15 is 0 Å². The maximum atomic E-state index is 13.3. The summed E-state index contributed by atoms with van der Waals surface area (Å²) in [5.41, 5.74) is -0.215. The van der Waals surface area contributed by atoms with Gasteiger partial charge >= 0.3 is 0 Å². The van der Waals surface area contributed by atoms with Gasteiger partial charge in [-0.25, -0.2) is 8.78 Å². The average Bonchev–Trinajstić information content (AvgIpc) is 2.20. The first-order valence-electron chi connectivity index (χ1n) is 3.68. The van der Waals surface area contributed by atoms with Gasteiger partial charge in [-0.05, 0) is 28.1 Å². The normalized spacial score (nSPS) is 10.6. The van der Waals surface area contributed by atoms with Crippen LogP contribution in [0.2, 0.25) is 0 Å². The number of benzene rings is 1. The lowest BCUT2D eigenvalue weighted by Crippen LogP contribution is -2.14. The predicted octanol–water partition coefficient (Wildman–Crippen LogP) is 2.13. The van der Waals surface area contributed by atoms with E-state index in [9.17, 15) is 13.6 Å². The Kier molecular flexibility index (Phi) is 3.73. The summed E-state index contributed by atoms with van der Waals surface area (Å²) < 4.78 is 25.7. The van der Waals surface area contributed by atoms with Crippen LogP contribution < -0.4 is 5.32 Å². The Hall–Kier alpha value is -1.50. The Morgan fingerprint density at radius 3 is 2.80 bits per heavy atom. The van der Waals surface area contributed by atoms with E-state index in [-0.39, 0.29) is 10.2 Å². The van der Waals surface area contributed by atoms with E-state index in [1.807, 2.05) is 0 Å². The molecule has 15 heavy (non-hydrogen) atoms. The molecule has 1 rings (SSSR count). The number of nitrogens with one attached hydrogen (secondary N) is 1. The van der Waals surface area contributed by atoms with E-state index in [2.05, 4.69) is 26.4 Å². The zero-order valence-electron chi connectivity index (χ0n) is 7.17. The van der Waals surface area contributed by atoms with Gasteiger partial charge in [-0.15, -0.1) is 0 Å². The molecule has 80 valence electrons. The first-order valence-corrected chi connectivity index (χ1v) is 4.47. The van der Waals surface area contributed by atoms with Gasteiger partial charge in [0.25, 0.3) is 5.91 Å². The first-order chi connectivity index (χ1) is 7.06. The van der Waals surface area contributed by atoms with E-state index in [4.69, 9.17) is 5.21 Å². The molecule has 1 aromatic rings. The van der Waals surface area contributed by atoms with Gasteiger partial charge in [-0.2, -0.15) is 0 Å². The highest BCUT2D eigenvalue weighted by Gasteiger charge is 2.12. The van der Waals surface area contributed by atoms with Gasteiger partial charge in [0.05, 0.1) is 10.2 Å². The molecule has 0 bridgehead atoms. The van der Waals surface area contributed by atoms with Gasteiger partial charge < -0.3 is 10.5 Å². The Bertz CT molecular complexity index is 423. The highest BCUT2D eigenvalue weighted by atomic mass is 79.9. The van der Waals surface area contributed by atoms with E-state index in [1.54, 1.807) is 0 Å². The molecule has 0 aliphatic heterocycles. The number of oxime groups is 1. The third kappa shape index (κ3) is 2.72. The molecule has 0 aliphatic rings. The van der Waals surface area contributed by atoms with Crippen molar-refractivity contribution in [3.05, 3.63) is 28.2 Å². The van der Waals surface area contributed by atoms with Crippen molar-refractivity contribution in [2.45, 2.75) is 0 Å². The molecule has 0 aromatic heterocycles. The lowest BCUT2D eigenvalue weighted by molar-refractivity contribution is -0.110. The molecule has 0 heterocycles. The van der Waals surface area contributed by atoms with Crippen LogP contribution in [0, 0.1) is 11.6 Å². The number of hydrogen-bond acceptors (Lipinski definition) is 3. The molecule has 0 radical (unpaired) electrons. The number of rotatable bonds is 2. The monoisotopic (exact) mass is 278 g/mol. The third-order valence-electron chi connectivity index (χ3n) is 1.47. The van der Waals surface area contributed by atoms with Gasteiger partial charge in [0, 0.05) is 0 Å². The number of carbonyl (C=O) groups is 1. The standard InChI is InChI=1S/C8H5BrF2N2O2/c9-7-4(10)1-2-5(8(7)11)13-6(14)3-12-15/h1-3,15H,(H,13,14)/b12-3+. The van der Waals surface area contributed by atoms with Crippen molar-refractivity contribution in [1.29, 1.82) is 0 Å². The molecule has 0 fully saturated rings. The largest absolute Gasteiger partial charge is 0.411 e. The summed E-state index contributed by atoms with van der Waals surface area (Å²) in [4.78, 5) is 10.9. The molecule has 0 saturated heterocycles. The molecule has 0 spiro atoms. The van der Waals surface area contributed by atoms with Crippen LogP contribution >= 0.6 is 15.9 Å². The molecular formula is C8H5BrF2N2O2. The number of halogens is 3. The predicted molar refractivity (Wildman–Crippen MR) is 53.0 cm³/mol. The van der Waals surface area contributed by atoms with Crippen molar-refractivity contribution in [3.8, 4) is 0 Å². The summed E-state index contributed by atoms with van der Waals surface area (Å²) in [5, 5.41) is 12.5. The Balaban J connectivity index is 2.97. The van der Waals surface area contributed by atoms with Crippen molar-refractivity contribution in [3.63, 3.8) is 0 Å². The summed E-state index contributed by atoms with van der Waals surface area (Å²) in [5.74, 6) is -2.54. The summed E-state index contributed by atoms with van der Waals surface area (Å²) in [7, 11) is 0. The second kappa shape index (κ2) is 4.83. The van der Waals surface area contributed by atoms with Crippen LogP contribution in [-0.2, 0) is 4.79 Å². The number of carbonyl (C=O) groups excluding carboxylic acids is 1. The van der Waals surface area contributed by atoms with Gasteiger partial charge in [0.1, 0.15) is 12.0 Å². The Labute approximate surface area is 91.7 Å². The quantitative estimate of drug-likeness (QED) is 0.377. The van der Waals surface area contributed by atoms with Crippen LogP contribution in [0.15, 0.2) is 21.8 Å². The summed E-state index contributed by atoms with van der Waals surface area (Å²) >= 11 is 2.67. The first kappa shape index (κ1) is 11.6. The SMILES string of the molecule is O=C(/C=N/O)Nc1ccc(F)c(Br)c1F. The molecule has 0 aliphatic carbocycles. The maximum Gasteiger partial charge on any atom is 0.270 e. The van der Waals surface area contributed by atoms with Crippen LogP contribution in [-0.4, -0.2) is 17.3 Å². The van der Waals surface area contributed by atoms with Gasteiger partial charge in [0.15, 0.2) is 5.82 Å². The Morgan fingerprint density at radius 2 is 2.20 bits per heavy atom. The fourth-order valence-corrected chi connectivity index (χ4v) is 1.19. The molecule has 7 heteroatoms. The van der Waals surface area contributed by atoms with Gasteiger partial charge in [-0.3, -0.25) is 4.79 Å². The molecular weight excluding hydrogens is 274 g/mol. The minimum atomic E-state index is -0.935. The van der Waals surface area contributed by atoms with E-state index in [0.29, 0.717) is 6.21 Å².